The summed E-state index contributed by atoms with van der Waals surface area (Å²) < 4.78 is 1.01. The number of halogens is 1. The topological polar surface area (TPSA) is 117 Å². The van der Waals surface area contributed by atoms with E-state index in [0.717, 1.165) is 65.9 Å². The van der Waals surface area contributed by atoms with Gasteiger partial charge in [0.15, 0.2) is 0 Å². The SMILES string of the molecule is Cc1cc(CC(CC(=O)N2CCC(N3Cc4ccccc4NC3=O)CC2)C(=O)N2CCC(N3CCN(CC(=O)O)CC3)CC2)cc(Br)c1C. The van der Waals surface area contributed by atoms with Gasteiger partial charge in [0.1, 0.15) is 0 Å². The first-order chi connectivity index (χ1) is 23.5. The summed E-state index contributed by atoms with van der Waals surface area (Å²) in [6.45, 7) is 10.4. The van der Waals surface area contributed by atoms with Crippen molar-refractivity contribution in [3.05, 3.63) is 63.1 Å². The monoisotopic (exact) mass is 736 g/mol. The van der Waals surface area contributed by atoms with Crippen LogP contribution in [0.25, 0.3) is 0 Å². The largest absolute Gasteiger partial charge is 0.480 e. The second-order valence-electron chi connectivity index (χ2n) is 14.2. The molecule has 2 N–H and O–H groups in total. The highest BCUT2D eigenvalue weighted by Gasteiger charge is 2.36. The zero-order valence-electron chi connectivity index (χ0n) is 28.7. The van der Waals surface area contributed by atoms with Gasteiger partial charge >= 0.3 is 12.0 Å². The molecule has 1 atom stereocenters. The van der Waals surface area contributed by atoms with E-state index < -0.39 is 11.9 Å². The highest BCUT2D eigenvalue weighted by molar-refractivity contribution is 9.10. The van der Waals surface area contributed by atoms with Gasteiger partial charge in [0.05, 0.1) is 12.5 Å². The smallest absolute Gasteiger partial charge is 0.322 e. The third-order valence-corrected chi connectivity index (χ3v) is 11.9. The Balaban J connectivity index is 1.07. The second kappa shape index (κ2) is 15.6. The molecule has 1 unspecified atom stereocenters. The van der Waals surface area contributed by atoms with Gasteiger partial charge in [-0.05, 0) is 80.3 Å². The molecular weight excluding hydrogens is 688 g/mol. The van der Waals surface area contributed by atoms with Gasteiger partial charge in [-0.2, -0.15) is 0 Å². The molecule has 2 aromatic rings. The van der Waals surface area contributed by atoms with Crippen LogP contribution in [-0.4, -0.2) is 124 Å². The van der Waals surface area contributed by atoms with Gasteiger partial charge in [-0.3, -0.25) is 24.2 Å². The molecule has 11 nitrogen and oxygen atoms in total. The Morgan fingerprint density at radius 3 is 2.22 bits per heavy atom. The number of urea groups is 1. The van der Waals surface area contributed by atoms with Crippen molar-refractivity contribution in [3.8, 4) is 0 Å². The second-order valence-corrected chi connectivity index (χ2v) is 15.1. The summed E-state index contributed by atoms with van der Waals surface area (Å²) >= 11 is 3.69. The Labute approximate surface area is 297 Å². The number of rotatable bonds is 9. The molecule has 6 rings (SSSR count). The number of para-hydroxylation sites is 1. The highest BCUT2D eigenvalue weighted by atomic mass is 79.9. The van der Waals surface area contributed by atoms with Crippen LogP contribution in [0.15, 0.2) is 40.9 Å². The fourth-order valence-electron chi connectivity index (χ4n) is 8.01. The van der Waals surface area contributed by atoms with Crippen LogP contribution in [0.2, 0.25) is 0 Å². The molecule has 0 aromatic heterocycles. The van der Waals surface area contributed by atoms with Crippen molar-refractivity contribution in [2.75, 3.05) is 64.2 Å². The summed E-state index contributed by atoms with van der Waals surface area (Å²) in [7, 11) is 0. The fraction of sp³-hybridized carbons (Fsp3) is 0.568. The third kappa shape index (κ3) is 8.46. The number of carboxylic acid groups (broad SMARTS) is 1. The molecule has 0 radical (unpaired) electrons. The number of carboxylic acids is 1. The van der Waals surface area contributed by atoms with Gasteiger partial charge in [0, 0.05) is 87.6 Å². The minimum atomic E-state index is -0.788. The van der Waals surface area contributed by atoms with Crippen molar-refractivity contribution in [1.82, 2.24) is 24.5 Å². The number of anilines is 1. The lowest BCUT2D eigenvalue weighted by molar-refractivity contribution is -0.143. The molecule has 0 saturated carbocycles. The minimum Gasteiger partial charge on any atom is -0.480 e. The van der Waals surface area contributed by atoms with Gasteiger partial charge in [0.25, 0.3) is 0 Å². The number of likely N-dealkylation sites (tertiary alicyclic amines) is 2. The van der Waals surface area contributed by atoms with E-state index in [-0.39, 0.29) is 36.9 Å². The number of aliphatic carboxylic acids is 1. The standard InChI is InChI=1S/C37H49BrN6O5/c1-25-19-27(21-32(38)26(25)2)20-29(36(48)43-13-7-30(8-14-43)41-17-15-40(16-18-41)24-35(46)47)22-34(45)42-11-9-31(10-12-42)44-23-28-5-3-4-6-33(28)39-37(44)49/h3-6,19,21,29-31H,7-18,20,22-24H2,1-2H3,(H,39,49)(H,46,47). The zero-order valence-corrected chi connectivity index (χ0v) is 30.3. The first kappa shape index (κ1) is 35.3. The molecular formula is C37H49BrN6O5. The summed E-state index contributed by atoms with van der Waals surface area (Å²) in [5.41, 5.74) is 5.33. The lowest BCUT2D eigenvalue weighted by Gasteiger charge is -2.43. The van der Waals surface area contributed by atoms with Crippen LogP contribution in [0.4, 0.5) is 10.5 Å². The predicted molar refractivity (Wildman–Crippen MR) is 191 cm³/mol. The van der Waals surface area contributed by atoms with Gasteiger partial charge < -0.3 is 25.1 Å². The molecule has 3 fully saturated rings. The van der Waals surface area contributed by atoms with Gasteiger partial charge in [-0.25, -0.2) is 4.79 Å². The maximum Gasteiger partial charge on any atom is 0.322 e. The maximum atomic E-state index is 14.2. The van der Waals surface area contributed by atoms with Crippen LogP contribution in [0.1, 0.15) is 54.4 Å². The Morgan fingerprint density at radius 2 is 1.55 bits per heavy atom. The molecule has 4 aliphatic heterocycles. The number of hydrogen-bond acceptors (Lipinski definition) is 6. The molecule has 3 saturated heterocycles. The molecule has 12 heteroatoms. The number of fused-ring (bicyclic) bond motifs is 1. The van der Waals surface area contributed by atoms with Crippen molar-refractivity contribution in [3.63, 3.8) is 0 Å². The fourth-order valence-corrected chi connectivity index (χ4v) is 8.61. The van der Waals surface area contributed by atoms with Crippen LogP contribution < -0.4 is 5.32 Å². The van der Waals surface area contributed by atoms with Crippen molar-refractivity contribution in [2.45, 2.75) is 71.0 Å². The van der Waals surface area contributed by atoms with E-state index in [2.05, 4.69) is 52.1 Å². The Morgan fingerprint density at radius 1 is 0.898 bits per heavy atom. The highest BCUT2D eigenvalue weighted by Crippen LogP contribution is 2.30. The molecule has 4 heterocycles. The molecule has 0 aliphatic carbocycles. The molecule has 49 heavy (non-hydrogen) atoms. The number of amides is 4. The number of carbonyl (C=O) groups excluding carboxylic acids is 3. The zero-order chi connectivity index (χ0) is 34.7. The summed E-state index contributed by atoms with van der Waals surface area (Å²) in [6.07, 6.45) is 3.84. The van der Waals surface area contributed by atoms with Crippen molar-refractivity contribution in [1.29, 1.82) is 0 Å². The van der Waals surface area contributed by atoms with E-state index in [1.54, 1.807) is 0 Å². The maximum absolute atomic E-state index is 14.2. The Hall–Kier alpha value is -3.48. The molecule has 4 aliphatic rings. The van der Waals surface area contributed by atoms with E-state index in [1.807, 2.05) is 43.9 Å². The van der Waals surface area contributed by atoms with Crippen molar-refractivity contribution >= 4 is 45.4 Å². The third-order valence-electron chi connectivity index (χ3n) is 11.1. The van der Waals surface area contributed by atoms with Crippen molar-refractivity contribution < 1.29 is 24.3 Å². The van der Waals surface area contributed by atoms with Gasteiger partial charge in [-0.1, -0.05) is 40.2 Å². The van der Waals surface area contributed by atoms with Gasteiger partial charge in [-0.15, -0.1) is 0 Å². The molecule has 0 bridgehead atoms. The van der Waals surface area contributed by atoms with E-state index in [9.17, 15) is 19.2 Å². The number of benzene rings is 2. The number of piperidine rings is 2. The average Bonchev–Trinajstić information content (AvgIpc) is 3.10. The average molecular weight is 738 g/mol. The molecule has 2 aromatic carbocycles. The summed E-state index contributed by atoms with van der Waals surface area (Å²) in [5, 5.41) is 12.1. The van der Waals surface area contributed by atoms with Gasteiger partial charge in [0.2, 0.25) is 11.8 Å². The number of carbonyl (C=O) groups is 4. The molecule has 4 amide bonds. The van der Waals surface area contributed by atoms with E-state index in [1.165, 1.54) is 5.56 Å². The number of piperazine rings is 1. The molecule has 264 valence electrons. The summed E-state index contributed by atoms with van der Waals surface area (Å²) in [5.74, 6) is -1.20. The molecule has 0 spiro atoms. The number of aryl methyl sites for hydroxylation is 1. The summed E-state index contributed by atoms with van der Waals surface area (Å²) in [4.78, 5) is 62.2. The van der Waals surface area contributed by atoms with Crippen LogP contribution >= 0.6 is 15.9 Å². The summed E-state index contributed by atoms with van der Waals surface area (Å²) in [6, 6.07) is 12.4. The van der Waals surface area contributed by atoms with Crippen LogP contribution in [-0.2, 0) is 27.3 Å². The Bertz CT molecular complexity index is 1520. The van der Waals surface area contributed by atoms with Crippen molar-refractivity contribution in [2.24, 2.45) is 5.92 Å². The van der Waals surface area contributed by atoms with E-state index in [4.69, 9.17) is 5.11 Å². The Kier molecular flexibility index (Phi) is 11.3. The number of hydrogen-bond donors (Lipinski definition) is 2. The predicted octanol–water partition coefficient (Wildman–Crippen LogP) is 4.35. The van der Waals surface area contributed by atoms with Crippen LogP contribution in [0.3, 0.4) is 0 Å². The first-order valence-electron chi connectivity index (χ1n) is 17.7. The first-order valence-corrected chi connectivity index (χ1v) is 18.5. The van der Waals surface area contributed by atoms with E-state index >= 15 is 0 Å². The lowest BCUT2D eigenvalue weighted by atomic mass is 9.91. The van der Waals surface area contributed by atoms with Crippen LogP contribution in [0.5, 0.6) is 0 Å². The minimum absolute atomic E-state index is 0.00209. The van der Waals surface area contributed by atoms with E-state index in [0.29, 0.717) is 58.0 Å². The lowest BCUT2D eigenvalue weighted by Crippen LogP contribution is -2.55. The quantitative estimate of drug-likeness (QED) is 0.394. The number of nitrogens with one attached hydrogen (secondary N) is 1. The number of nitrogens with zero attached hydrogens (tertiary/aromatic N) is 5. The van der Waals surface area contributed by atoms with Crippen LogP contribution in [0, 0.1) is 19.8 Å². The normalized spacial score (nSPS) is 20.6.